The number of aromatic nitrogens is 1. The van der Waals surface area contributed by atoms with E-state index in [2.05, 4.69) is 52.2 Å². The molecule has 1 fully saturated rings. The second-order valence-corrected chi connectivity index (χ2v) is 6.49. The van der Waals surface area contributed by atoms with Crippen molar-refractivity contribution in [1.29, 1.82) is 0 Å². The SMILES string of the molecule is Cc1cccc(Oc2ncc(Br)cc2CNC2CC2)c1C. The van der Waals surface area contributed by atoms with E-state index in [1.54, 1.807) is 6.20 Å². The molecule has 110 valence electrons. The minimum Gasteiger partial charge on any atom is -0.438 e. The average molecular weight is 347 g/mol. The fraction of sp³-hybridized carbons (Fsp3) is 0.353. The van der Waals surface area contributed by atoms with Crippen molar-refractivity contribution >= 4 is 15.9 Å². The van der Waals surface area contributed by atoms with Gasteiger partial charge in [-0.1, -0.05) is 12.1 Å². The summed E-state index contributed by atoms with van der Waals surface area (Å²) in [6.07, 6.45) is 4.32. The van der Waals surface area contributed by atoms with Gasteiger partial charge in [-0.25, -0.2) is 4.98 Å². The molecular formula is C17H19BrN2O. The Kier molecular flexibility index (Phi) is 4.27. The predicted molar refractivity (Wildman–Crippen MR) is 87.8 cm³/mol. The molecule has 1 aliphatic rings. The van der Waals surface area contributed by atoms with Gasteiger partial charge in [0.2, 0.25) is 5.88 Å². The summed E-state index contributed by atoms with van der Waals surface area (Å²) in [5, 5.41) is 3.51. The molecule has 1 heterocycles. The zero-order chi connectivity index (χ0) is 14.8. The van der Waals surface area contributed by atoms with Crippen molar-refractivity contribution < 1.29 is 4.74 Å². The Morgan fingerprint density at radius 2 is 2.14 bits per heavy atom. The average Bonchev–Trinajstić information content (AvgIpc) is 3.28. The fourth-order valence-corrected chi connectivity index (χ4v) is 2.55. The number of benzene rings is 1. The zero-order valence-electron chi connectivity index (χ0n) is 12.3. The summed E-state index contributed by atoms with van der Waals surface area (Å²) in [7, 11) is 0. The third-order valence-corrected chi connectivity index (χ3v) is 4.25. The van der Waals surface area contributed by atoms with Crippen molar-refractivity contribution in [2.75, 3.05) is 0 Å². The molecule has 0 spiro atoms. The van der Waals surface area contributed by atoms with Gasteiger partial charge in [-0.05, 0) is 65.9 Å². The van der Waals surface area contributed by atoms with E-state index in [0.29, 0.717) is 11.9 Å². The quantitative estimate of drug-likeness (QED) is 0.864. The molecule has 1 saturated carbocycles. The van der Waals surface area contributed by atoms with Gasteiger partial charge in [0, 0.05) is 28.8 Å². The van der Waals surface area contributed by atoms with Crippen molar-refractivity contribution in [1.82, 2.24) is 10.3 Å². The maximum atomic E-state index is 6.06. The van der Waals surface area contributed by atoms with Crippen molar-refractivity contribution in [3.8, 4) is 11.6 Å². The molecule has 1 aromatic carbocycles. The molecule has 1 N–H and O–H groups in total. The van der Waals surface area contributed by atoms with Crippen LogP contribution in [-0.2, 0) is 6.54 Å². The highest BCUT2D eigenvalue weighted by atomic mass is 79.9. The van der Waals surface area contributed by atoms with Gasteiger partial charge >= 0.3 is 0 Å². The second-order valence-electron chi connectivity index (χ2n) is 5.57. The molecule has 0 amide bonds. The largest absolute Gasteiger partial charge is 0.438 e. The monoisotopic (exact) mass is 346 g/mol. The molecule has 0 unspecified atom stereocenters. The summed E-state index contributed by atoms with van der Waals surface area (Å²) in [6, 6.07) is 8.83. The normalized spacial score (nSPS) is 14.2. The fourth-order valence-electron chi connectivity index (χ4n) is 2.17. The van der Waals surface area contributed by atoms with Crippen LogP contribution in [0.5, 0.6) is 11.6 Å². The Balaban J connectivity index is 1.84. The number of pyridine rings is 1. The summed E-state index contributed by atoms with van der Waals surface area (Å²) in [5.74, 6) is 1.55. The molecule has 4 heteroatoms. The minimum atomic E-state index is 0.664. The van der Waals surface area contributed by atoms with Gasteiger partial charge in [-0.15, -0.1) is 0 Å². The number of ether oxygens (including phenoxy) is 1. The number of hydrogen-bond donors (Lipinski definition) is 1. The molecule has 0 radical (unpaired) electrons. The van der Waals surface area contributed by atoms with Crippen LogP contribution in [0.2, 0.25) is 0 Å². The van der Waals surface area contributed by atoms with Crippen LogP contribution in [0.3, 0.4) is 0 Å². The molecule has 3 rings (SSSR count). The number of nitrogens with zero attached hydrogens (tertiary/aromatic N) is 1. The van der Waals surface area contributed by atoms with E-state index in [1.807, 2.05) is 12.1 Å². The van der Waals surface area contributed by atoms with Crippen molar-refractivity contribution in [3.05, 3.63) is 51.6 Å². The molecule has 3 nitrogen and oxygen atoms in total. The number of nitrogens with one attached hydrogen (secondary N) is 1. The van der Waals surface area contributed by atoms with Gasteiger partial charge in [0.25, 0.3) is 0 Å². The molecule has 21 heavy (non-hydrogen) atoms. The summed E-state index contributed by atoms with van der Waals surface area (Å²) in [5.41, 5.74) is 3.46. The zero-order valence-corrected chi connectivity index (χ0v) is 13.9. The Morgan fingerprint density at radius 3 is 2.90 bits per heavy atom. The van der Waals surface area contributed by atoms with E-state index in [9.17, 15) is 0 Å². The van der Waals surface area contributed by atoms with Gasteiger partial charge in [-0.2, -0.15) is 0 Å². The third-order valence-electron chi connectivity index (χ3n) is 3.81. The van der Waals surface area contributed by atoms with Crippen LogP contribution in [0.25, 0.3) is 0 Å². The van der Waals surface area contributed by atoms with E-state index in [4.69, 9.17) is 4.74 Å². The lowest BCUT2D eigenvalue weighted by molar-refractivity contribution is 0.449. The highest BCUT2D eigenvalue weighted by Gasteiger charge is 2.21. The lowest BCUT2D eigenvalue weighted by Gasteiger charge is -2.13. The molecule has 0 saturated heterocycles. The van der Waals surface area contributed by atoms with Crippen LogP contribution in [0, 0.1) is 13.8 Å². The molecule has 2 aromatic rings. The van der Waals surface area contributed by atoms with Gasteiger partial charge in [-0.3, -0.25) is 0 Å². The van der Waals surface area contributed by atoms with Crippen LogP contribution < -0.4 is 10.1 Å². The van der Waals surface area contributed by atoms with Crippen molar-refractivity contribution in [2.24, 2.45) is 0 Å². The van der Waals surface area contributed by atoms with Crippen LogP contribution in [0.4, 0.5) is 0 Å². The van der Waals surface area contributed by atoms with Crippen molar-refractivity contribution in [2.45, 2.75) is 39.3 Å². The lowest BCUT2D eigenvalue weighted by atomic mass is 10.1. The first-order valence-electron chi connectivity index (χ1n) is 7.25. The molecular weight excluding hydrogens is 328 g/mol. The van der Waals surface area contributed by atoms with E-state index in [1.165, 1.54) is 18.4 Å². The summed E-state index contributed by atoms with van der Waals surface area (Å²) < 4.78 is 7.03. The van der Waals surface area contributed by atoms with Gasteiger partial charge in [0.05, 0.1) is 0 Å². The number of rotatable bonds is 5. The molecule has 1 aliphatic carbocycles. The smallest absolute Gasteiger partial charge is 0.223 e. The summed E-state index contributed by atoms with van der Waals surface area (Å²) in [4.78, 5) is 4.43. The Hall–Kier alpha value is -1.39. The maximum absolute atomic E-state index is 6.06. The van der Waals surface area contributed by atoms with Crippen LogP contribution in [0.1, 0.15) is 29.5 Å². The van der Waals surface area contributed by atoms with Crippen LogP contribution >= 0.6 is 15.9 Å². The predicted octanol–water partition coefficient (Wildman–Crippen LogP) is 4.51. The minimum absolute atomic E-state index is 0.664. The molecule has 1 aromatic heterocycles. The Morgan fingerprint density at radius 1 is 1.33 bits per heavy atom. The molecule has 0 aliphatic heterocycles. The van der Waals surface area contributed by atoms with E-state index in [0.717, 1.165) is 27.9 Å². The van der Waals surface area contributed by atoms with Gasteiger partial charge in [0.15, 0.2) is 0 Å². The van der Waals surface area contributed by atoms with Crippen molar-refractivity contribution in [3.63, 3.8) is 0 Å². The topological polar surface area (TPSA) is 34.1 Å². The maximum Gasteiger partial charge on any atom is 0.223 e. The first-order chi connectivity index (χ1) is 10.1. The highest BCUT2D eigenvalue weighted by molar-refractivity contribution is 9.10. The molecule has 0 atom stereocenters. The van der Waals surface area contributed by atoms with E-state index >= 15 is 0 Å². The van der Waals surface area contributed by atoms with Crippen LogP contribution in [-0.4, -0.2) is 11.0 Å². The third kappa shape index (κ3) is 3.63. The second kappa shape index (κ2) is 6.16. The Labute approximate surface area is 133 Å². The van der Waals surface area contributed by atoms with E-state index < -0.39 is 0 Å². The summed E-state index contributed by atoms with van der Waals surface area (Å²) >= 11 is 3.48. The first kappa shape index (κ1) is 14.5. The highest BCUT2D eigenvalue weighted by Crippen LogP contribution is 2.29. The van der Waals surface area contributed by atoms with Crippen LogP contribution in [0.15, 0.2) is 34.9 Å². The lowest BCUT2D eigenvalue weighted by Crippen LogP contribution is -2.16. The first-order valence-corrected chi connectivity index (χ1v) is 8.04. The van der Waals surface area contributed by atoms with E-state index in [-0.39, 0.29) is 0 Å². The van der Waals surface area contributed by atoms with Gasteiger partial charge in [0.1, 0.15) is 5.75 Å². The number of aryl methyl sites for hydroxylation is 1. The Bertz CT molecular complexity index is 653. The standard InChI is InChI=1S/C17H19BrN2O/c1-11-4-3-5-16(12(11)2)21-17-13(8-14(18)10-20-17)9-19-15-6-7-15/h3-5,8,10,15,19H,6-7,9H2,1-2H3. The number of halogens is 1. The molecule has 0 bridgehead atoms. The van der Waals surface area contributed by atoms with Gasteiger partial charge < -0.3 is 10.1 Å². The summed E-state index contributed by atoms with van der Waals surface area (Å²) in [6.45, 7) is 4.95. The number of hydrogen-bond acceptors (Lipinski definition) is 3.